The van der Waals surface area contributed by atoms with Crippen molar-refractivity contribution in [1.29, 1.82) is 0 Å². The zero-order chi connectivity index (χ0) is 19.5. The molecule has 142 valence electrons. The number of Topliss-reactive ketones (excluding diaryl/α,β-unsaturated/α-hetero) is 1. The Morgan fingerprint density at radius 1 is 1.32 bits per heavy atom. The van der Waals surface area contributed by atoms with Crippen LogP contribution in [-0.2, 0) is 11.3 Å². The fraction of sp³-hybridized carbons (Fsp3) is 0.200. The highest BCUT2D eigenvalue weighted by Crippen LogP contribution is 2.37. The highest BCUT2D eigenvalue weighted by molar-refractivity contribution is 6.14. The molecule has 1 N–H and O–H groups in total. The summed E-state index contributed by atoms with van der Waals surface area (Å²) in [6, 6.07) is 5.72. The van der Waals surface area contributed by atoms with Crippen LogP contribution in [0.4, 0.5) is 0 Å². The van der Waals surface area contributed by atoms with Crippen LogP contribution in [0.3, 0.4) is 0 Å². The summed E-state index contributed by atoms with van der Waals surface area (Å²) in [6.45, 7) is 1.01. The number of aryl methyl sites for hydroxylation is 1. The standard InChI is InChI=1S/C20H18N4O4/c25-18(15-3-1-12-28-15)16-17(14-4-6-21-7-5-14)24(20(27)19(16)26)10-2-9-23-11-8-22-13-23/h1,3-8,11-13,17H,2,9-10H2,(H,25,26). The average molecular weight is 378 g/mol. The second-order valence-corrected chi connectivity index (χ2v) is 6.43. The molecule has 3 aromatic heterocycles. The maximum atomic E-state index is 12.9. The lowest BCUT2D eigenvalue weighted by Gasteiger charge is -2.27. The Bertz CT molecular complexity index is 994. The third kappa shape index (κ3) is 3.20. The average Bonchev–Trinajstić information content (AvgIpc) is 3.46. The van der Waals surface area contributed by atoms with E-state index in [1.165, 1.54) is 17.2 Å². The highest BCUT2D eigenvalue weighted by atomic mass is 16.3. The van der Waals surface area contributed by atoms with E-state index in [1.807, 2.05) is 17.1 Å². The van der Waals surface area contributed by atoms with Crippen molar-refractivity contribution < 1.29 is 23.7 Å². The number of ketones is 1. The molecule has 0 aromatic carbocycles. The first-order chi connectivity index (χ1) is 13.7. The lowest BCUT2D eigenvalue weighted by molar-refractivity contribution is -0.695. The smallest absolute Gasteiger partial charge is 0.241 e. The number of nitrogens with zero attached hydrogens (tertiary/aromatic N) is 3. The summed E-state index contributed by atoms with van der Waals surface area (Å²) in [4.78, 5) is 34.0. The van der Waals surface area contributed by atoms with Crippen LogP contribution in [0.2, 0.25) is 0 Å². The van der Waals surface area contributed by atoms with Gasteiger partial charge >= 0.3 is 0 Å². The molecule has 1 aliphatic rings. The lowest BCUT2D eigenvalue weighted by Crippen LogP contribution is -2.37. The van der Waals surface area contributed by atoms with Crippen molar-refractivity contribution in [2.45, 2.75) is 19.0 Å². The number of furan rings is 1. The van der Waals surface area contributed by atoms with Crippen molar-refractivity contribution in [2.75, 3.05) is 6.54 Å². The normalized spacial score (nSPS) is 16.8. The molecule has 0 aliphatic carbocycles. The highest BCUT2D eigenvalue weighted by Gasteiger charge is 2.39. The van der Waals surface area contributed by atoms with Gasteiger partial charge in [-0.2, -0.15) is 0 Å². The quantitative estimate of drug-likeness (QED) is 0.483. The first-order valence-electron chi connectivity index (χ1n) is 8.89. The largest absolute Gasteiger partial charge is 0.868 e. The molecule has 0 saturated carbocycles. The van der Waals surface area contributed by atoms with E-state index >= 15 is 0 Å². The molecule has 3 aromatic rings. The maximum absolute atomic E-state index is 12.9. The van der Waals surface area contributed by atoms with Gasteiger partial charge < -0.3 is 14.4 Å². The molecule has 28 heavy (non-hydrogen) atoms. The van der Waals surface area contributed by atoms with Crippen molar-refractivity contribution in [1.82, 2.24) is 14.9 Å². The van der Waals surface area contributed by atoms with Crippen LogP contribution in [0.5, 0.6) is 0 Å². The molecule has 8 nitrogen and oxygen atoms in total. The topological polar surface area (TPSA) is 106 Å². The van der Waals surface area contributed by atoms with E-state index in [9.17, 15) is 14.7 Å². The second kappa shape index (κ2) is 7.51. The molecule has 1 atom stereocenters. The van der Waals surface area contributed by atoms with Gasteiger partial charge in [0.1, 0.15) is 12.4 Å². The van der Waals surface area contributed by atoms with Crippen molar-refractivity contribution in [3.05, 3.63) is 84.3 Å². The van der Waals surface area contributed by atoms with Gasteiger partial charge in [0.15, 0.2) is 5.76 Å². The predicted octanol–water partition coefficient (Wildman–Crippen LogP) is 0.761. The van der Waals surface area contributed by atoms with Crippen molar-refractivity contribution in [3.8, 4) is 0 Å². The summed E-state index contributed by atoms with van der Waals surface area (Å²) in [7, 11) is 0. The zero-order valence-electron chi connectivity index (χ0n) is 14.9. The van der Waals surface area contributed by atoms with Crippen LogP contribution in [0.1, 0.15) is 28.6 Å². The Hall–Kier alpha value is -3.68. The lowest BCUT2D eigenvalue weighted by atomic mass is 9.96. The minimum absolute atomic E-state index is 0.0416. The second-order valence-electron chi connectivity index (χ2n) is 6.43. The minimum Gasteiger partial charge on any atom is -0.868 e. The van der Waals surface area contributed by atoms with Crippen LogP contribution in [0.15, 0.2) is 77.4 Å². The summed E-state index contributed by atoms with van der Waals surface area (Å²) < 4.78 is 7.12. The number of amides is 1. The summed E-state index contributed by atoms with van der Waals surface area (Å²) in [5.41, 5.74) is 0.582. The SMILES string of the molecule is O=C(C1=C([O-])C(=O)N(CCC[n+]2cc[nH]c2)C1c1ccncc1)c1ccco1. The van der Waals surface area contributed by atoms with Gasteiger partial charge in [0.05, 0.1) is 18.8 Å². The Morgan fingerprint density at radius 3 is 2.82 bits per heavy atom. The van der Waals surface area contributed by atoms with Gasteiger partial charge in [-0.15, -0.1) is 0 Å². The molecule has 4 rings (SSSR count). The first kappa shape index (κ1) is 17.7. The monoisotopic (exact) mass is 378 g/mol. The van der Waals surface area contributed by atoms with Gasteiger partial charge in [0, 0.05) is 30.9 Å². The van der Waals surface area contributed by atoms with Gasteiger partial charge in [-0.1, -0.05) is 0 Å². The number of aromatic amines is 1. The number of hydrogen-bond donors (Lipinski definition) is 1. The number of carbonyl (C=O) groups is 2. The molecular weight excluding hydrogens is 360 g/mol. The van der Waals surface area contributed by atoms with Gasteiger partial charge in [0.25, 0.3) is 0 Å². The number of imidazole rings is 1. The molecule has 1 aliphatic heterocycles. The third-order valence-corrected chi connectivity index (χ3v) is 4.71. The summed E-state index contributed by atoms with van der Waals surface area (Å²) >= 11 is 0. The number of rotatable bonds is 7. The third-order valence-electron chi connectivity index (χ3n) is 4.71. The molecule has 0 saturated heterocycles. The molecule has 8 heteroatoms. The molecule has 0 spiro atoms. The van der Waals surface area contributed by atoms with Crippen LogP contribution in [-0.4, -0.2) is 33.1 Å². The molecule has 0 radical (unpaired) electrons. The van der Waals surface area contributed by atoms with Gasteiger partial charge in [-0.3, -0.25) is 19.6 Å². The van der Waals surface area contributed by atoms with E-state index in [-0.39, 0.29) is 11.3 Å². The maximum Gasteiger partial charge on any atom is 0.241 e. The Morgan fingerprint density at radius 2 is 2.14 bits per heavy atom. The molecule has 1 amide bonds. The Labute approximate surface area is 160 Å². The van der Waals surface area contributed by atoms with Crippen LogP contribution >= 0.6 is 0 Å². The number of aromatic nitrogens is 3. The number of nitrogens with one attached hydrogen (secondary N) is 1. The number of carbonyl (C=O) groups excluding carboxylic acids is 2. The van der Waals surface area contributed by atoms with Crippen molar-refractivity contribution in [3.63, 3.8) is 0 Å². The van der Waals surface area contributed by atoms with E-state index in [4.69, 9.17) is 4.42 Å². The Kier molecular flexibility index (Phi) is 4.76. The van der Waals surface area contributed by atoms with Crippen molar-refractivity contribution in [2.24, 2.45) is 0 Å². The Balaban J connectivity index is 1.64. The van der Waals surface area contributed by atoms with E-state index in [0.717, 1.165) is 0 Å². The number of H-pyrrole nitrogens is 1. The summed E-state index contributed by atoms with van der Waals surface area (Å²) in [5.74, 6) is -1.97. The van der Waals surface area contributed by atoms with E-state index < -0.39 is 23.5 Å². The molecule has 1 unspecified atom stereocenters. The predicted molar refractivity (Wildman–Crippen MR) is 94.4 cm³/mol. The molecule has 0 fully saturated rings. The van der Waals surface area contributed by atoms with Crippen LogP contribution in [0, 0.1) is 0 Å². The van der Waals surface area contributed by atoms with Crippen LogP contribution in [0.25, 0.3) is 0 Å². The zero-order valence-corrected chi connectivity index (χ0v) is 14.9. The van der Waals surface area contributed by atoms with Crippen molar-refractivity contribution >= 4 is 11.7 Å². The van der Waals surface area contributed by atoms with E-state index in [1.54, 1.807) is 36.8 Å². The van der Waals surface area contributed by atoms with Gasteiger partial charge in [-0.25, -0.2) is 4.57 Å². The molecule has 4 heterocycles. The number of pyridine rings is 1. The van der Waals surface area contributed by atoms with Gasteiger partial charge in [-0.05, 0) is 35.6 Å². The van der Waals surface area contributed by atoms with E-state index in [2.05, 4.69) is 9.97 Å². The fourth-order valence-electron chi connectivity index (χ4n) is 3.42. The number of hydrogen-bond acceptors (Lipinski definition) is 5. The van der Waals surface area contributed by atoms with E-state index in [0.29, 0.717) is 25.1 Å². The summed E-state index contributed by atoms with van der Waals surface area (Å²) in [5, 5.41) is 12.7. The fourth-order valence-corrected chi connectivity index (χ4v) is 3.42. The summed E-state index contributed by atoms with van der Waals surface area (Å²) in [6.07, 6.45) is 10.6. The minimum atomic E-state index is -0.780. The molecular formula is C20H18N4O4. The first-order valence-corrected chi connectivity index (χ1v) is 8.89. The van der Waals surface area contributed by atoms with Gasteiger partial charge in [0.2, 0.25) is 18.0 Å². The molecule has 0 bridgehead atoms. The van der Waals surface area contributed by atoms with Crippen LogP contribution < -0.4 is 9.67 Å².